The van der Waals surface area contributed by atoms with Gasteiger partial charge in [0.05, 0.1) is 11.1 Å². The summed E-state index contributed by atoms with van der Waals surface area (Å²) in [4.78, 5) is 35.0. The van der Waals surface area contributed by atoms with Gasteiger partial charge < -0.3 is 0 Å². The van der Waals surface area contributed by atoms with Gasteiger partial charge in [-0.05, 0) is 23.6 Å². The predicted octanol–water partition coefficient (Wildman–Crippen LogP) is 1.17. The number of fused-ring (bicyclic) bond motifs is 2. The zero-order chi connectivity index (χ0) is 15.8. The van der Waals surface area contributed by atoms with Gasteiger partial charge in [0.1, 0.15) is 5.65 Å². The molecule has 0 spiro atoms. The van der Waals surface area contributed by atoms with Crippen LogP contribution in [-0.2, 0) is 19.5 Å². The monoisotopic (exact) mass is 308 g/mol. The Bertz CT molecular complexity index is 975. The summed E-state index contributed by atoms with van der Waals surface area (Å²) < 4.78 is 0. The van der Waals surface area contributed by atoms with Crippen LogP contribution in [0.25, 0.3) is 11.0 Å². The number of nitrogens with zero attached hydrogens (tertiary/aromatic N) is 2. The molecule has 0 radical (unpaired) electrons. The van der Waals surface area contributed by atoms with E-state index >= 15 is 0 Å². The van der Waals surface area contributed by atoms with Gasteiger partial charge in [0.25, 0.3) is 5.56 Å². The van der Waals surface area contributed by atoms with Gasteiger partial charge in [-0.25, -0.2) is 9.78 Å². The molecule has 1 aliphatic rings. The second-order valence-electron chi connectivity index (χ2n) is 5.84. The molecular formula is C17H16N4O2. The van der Waals surface area contributed by atoms with Crippen molar-refractivity contribution < 1.29 is 0 Å². The molecule has 23 heavy (non-hydrogen) atoms. The van der Waals surface area contributed by atoms with Gasteiger partial charge in [0.15, 0.2) is 0 Å². The summed E-state index contributed by atoms with van der Waals surface area (Å²) in [5.74, 6) is 0. The van der Waals surface area contributed by atoms with Gasteiger partial charge >= 0.3 is 5.69 Å². The van der Waals surface area contributed by atoms with Gasteiger partial charge in [0, 0.05) is 19.6 Å². The van der Waals surface area contributed by atoms with Gasteiger partial charge in [-0.15, -0.1) is 0 Å². The lowest BCUT2D eigenvalue weighted by Gasteiger charge is -2.28. The molecule has 0 saturated carbocycles. The first-order valence-corrected chi connectivity index (χ1v) is 7.60. The number of rotatable bonds is 2. The highest BCUT2D eigenvalue weighted by Crippen LogP contribution is 2.21. The van der Waals surface area contributed by atoms with Crippen LogP contribution in [-0.4, -0.2) is 26.4 Å². The van der Waals surface area contributed by atoms with E-state index in [1.54, 1.807) is 0 Å². The summed E-state index contributed by atoms with van der Waals surface area (Å²) in [5.41, 5.74) is 2.73. The molecule has 1 aromatic carbocycles. The van der Waals surface area contributed by atoms with Gasteiger partial charge in [-0.3, -0.25) is 19.7 Å². The summed E-state index contributed by atoms with van der Waals surface area (Å²) >= 11 is 0. The van der Waals surface area contributed by atoms with Crippen molar-refractivity contribution in [1.29, 1.82) is 0 Å². The molecular weight excluding hydrogens is 292 g/mol. The van der Waals surface area contributed by atoms with Crippen molar-refractivity contribution in [3.63, 3.8) is 0 Å². The van der Waals surface area contributed by atoms with E-state index in [1.807, 2.05) is 24.3 Å². The van der Waals surface area contributed by atoms with Crippen LogP contribution in [0.2, 0.25) is 0 Å². The second kappa shape index (κ2) is 5.48. The normalized spacial score (nSPS) is 14.8. The molecule has 0 fully saturated rings. The first-order chi connectivity index (χ1) is 11.2. The van der Waals surface area contributed by atoms with Crippen molar-refractivity contribution >= 4 is 11.0 Å². The molecule has 0 saturated heterocycles. The van der Waals surface area contributed by atoms with E-state index < -0.39 is 5.69 Å². The summed E-state index contributed by atoms with van der Waals surface area (Å²) in [6, 6.07) is 12.2. The van der Waals surface area contributed by atoms with E-state index in [4.69, 9.17) is 0 Å². The van der Waals surface area contributed by atoms with Crippen LogP contribution in [0.15, 0.2) is 46.0 Å². The third-order valence-electron chi connectivity index (χ3n) is 4.21. The Labute approximate surface area is 131 Å². The largest absolute Gasteiger partial charge is 0.327 e. The maximum atomic E-state index is 11.9. The smallest absolute Gasteiger partial charge is 0.293 e. The molecule has 2 N–H and O–H groups in total. The third kappa shape index (κ3) is 2.68. The fraction of sp³-hybridized carbons (Fsp3) is 0.235. The quantitative estimate of drug-likeness (QED) is 0.744. The predicted molar refractivity (Wildman–Crippen MR) is 87.2 cm³/mol. The molecule has 4 rings (SSSR count). The lowest BCUT2D eigenvalue weighted by Crippen LogP contribution is -2.31. The average molecular weight is 308 g/mol. The van der Waals surface area contributed by atoms with Crippen molar-refractivity contribution in [3.8, 4) is 0 Å². The molecule has 0 unspecified atom stereocenters. The summed E-state index contributed by atoms with van der Waals surface area (Å²) in [5, 5.41) is 0.444. The van der Waals surface area contributed by atoms with Crippen LogP contribution in [0.3, 0.4) is 0 Å². The van der Waals surface area contributed by atoms with E-state index in [0.29, 0.717) is 11.0 Å². The lowest BCUT2D eigenvalue weighted by atomic mass is 10.0. The van der Waals surface area contributed by atoms with Crippen LogP contribution in [0, 0.1) is 0 Å². The summed E-state index contributed by atoms with van der Waals surface area (Å²) in [6.07, 6.45) is 0.851. The Hall–Kier alpha value is -2.73. The molecule has 6 heteroatoms. The molecule has 1 aliphatic heterocycles. The molecule has 3 aromatic rings. The minimum Gasteiger partial charge on any atom is -0.293 e. The van der Waals surface area contributed by atoms with Crippen molar-refractivity contribution in [3.05, 3.63) is 74.1 Å². The van der Waals surface area contributed by atoms with Crippen molar-refractivity contribution in [2.75, 3.05) is 6.54 Å². The standard InChI is InChI=1S/C17H16N4O2/c22-16-13-8-12-6-7-21(9-11-4-2-1-3-5-11)10-14(12)18-15(13)19-17(23)20-16/h1-5,8H,6-7,9-10H2,(H2,18,19,20,22,23). The molecule has 6 nitrogen and oxygen atoms in total. The highest BCUT2D eigenvalue weighted by Gasteiger charge is 2.19. The third-order valence-corrected chi connectivity index (χ3v) is 4.21. The second-order valence-corrected chi connectivity index (χ2v) is 5.84. The number of hydrogen-bond donors (Lipinski definition) is 2. The summed E-state index contributed by atoms with van der Waals surface area (Å²) in [6.45, 7) is 2.51. The summed E-state index contributed by atoms with van der Waals surface area (Å²) in [7, 11) is 0. The molecule has 0 bridgehead atoms. The Morgan fingerprint density at radius 3 is 2.78 bits per heavy atom. The van der Waals surface area contributed by atoms with Crippen LogP contribution in [0.4, 0.5) is 0 Å². The Morgan fingerprint density at radius 2 is 1.96 bits per heavy atom. The van der Waals surface area contributed by atoms with Gasteiger partial charge in [0.2, 0.25) is 0 Å². The van der Waals surface area contributed by atoms with E-state index in [1.165, 1.54) is 5.56 Å². The van der Waals surface area contributed by atoms with Crippen LogP contribution in [0.5, 0.6) is 0 Å². The van der Waals surface area contributed by atoms with Crippen molar-refractivity contribution in [2.45, 2.75) is 19.5 Å². The minimum absolute atomic E-state index is 0.360. The van der Waals surface area contributed by atoms with Gasteiger partial charge in [-0.2, -0.15) is 0 Å². The molecule has 116 valence electrons. The minimum atomic E-state index is -0.521. The Balaban J connectivity index is 1.68. The molecule has 0 atom stereocenters. The fourth-order valence-electron chi connectivity index (χ4n) is 3.07. The number of pyridine rings is 1. The van der Waals surface area contributed by atoms with E-state index in [0.717, 1.165) is 37.3 Å². The Kier molecular flexibility index (Phi) is 3.31. The zero-order valence-corrected chi connectivity index (χ0v) is 12.5. The van der Waals surface area contributed by atoms with Crippen molar-refractivity contribution in [2.24, 2.45) is 0 Å². The molecule has 0 amide bonds. The van der Waals surface area contributed by atoms with E-state index in [2.05, 4.69) is 32.0 Å². The molecule has 3 heterocycles. The number of aromatic amines is 2. The molecule has 2 aromatic heterocycles. The number of hydrogen-bond acceptors (Lipinski definition) is 4. The van der Waals surface area contributed by atoms with Crippen molar-refractivity contribution in [1.82, 2.24) is 19.9 Å². The first-order valence-electron chi connectivity index (χ1n) is 7.60. The number of H-pyrrole nitrogens is 2. The molecule has 0 aliphatic carbocycles. The zero-order valence-electron chi connectivity index (χ0n) is 12.5. The number of benzene rings is 1. The van der Waals surface area contributed by atoms with Gasteiger partial charge in [-0.1, -0.05) is 30.3 Å². The van der Waals surface area contributed by atoms with Crippen LogP contribution in [0.1, 0.15) is 16.8 Å². The van der Waals surface area contributed by atoms with E-state index in [9.17, 15) is 9.59 Å². The first kappa shape index (κ1) is 13.9. The maximum absolute atomic E-state index is 11.9. The maximum Gasteiger partial charge on any atom is 0.327 e. The van der Waals surface area contributed by atoms with Crippen LogP contribution >= 0.6 is 0 Å². The average Bonchev–Trinajstić information content (AvgIpc) is 2.54. The number of aromatic nitrogens is 3. The highest BCUT2D eigenvalue weighted by atomic mass is 16.2. The Morgan fingerprint density at radius 1 is 1.13 bits per heavy atom. The number of nitrogens with one attached hydrogen (secondary N) is 2. The SMILES string of the molecule is O=c1[nH]c(=O)c2cc3c(nc2[nH]1)CN(Cc1ccccc1)CC3. The van der Waals surface area contributed by atoms with Crippen LogP contribution < -0.4 is 11.2 Å². The van der Waals surface area contributed by atoms with E-state index in [-0.39, 0.29) is 5.56 Å². The fourth-order valence-corrected chi connectivity index (χ4v) is 3.07. The topological polar surface area (TPSA) is 81.8 Å². The lowest BCUT2D eigenvalue weighted by molar-refractivity contribution is 0.242. The highest BCUT2D eigenvalue weighted by molar-refractivity contribution is 5.74.